The Hall–Kier alpha value is -1.68. The molecule has 0 aliphatic heterocycles. The molecule has 0 unspecified atom stereocenters. The third-order valence-electron chi connectivity index (χ3n) is 2.12. The maximum Gasteiger partial charge on any atom is 0.146 e. The van der Waals surface area contributed by atoms with E-state index in [2.05, 4.69) is 10.2 Å². The quantitative estimate of drug-likeness (QED) is 0.873. The summed E-state index contributed by atoms with van der Waals surface area (Å²) in [5.74, 6) is 0.0401. The van der Waals surface area contributed by atoms with E-state index in [0.717, 1.165) is 0 Å². The van der Waals surface area contributed by atoms with Gasteiger partial charge in [-0.2, -0.15) is 5.10 Å². The Bertz CT molecular complexity index is 499. The number of hydrogen-bond acceptors (Lipinski definition) is 3. The minimum Gasteiger partial charge on any atom is -0.382 e. The number of benzene rings is 1. The second kappa shape index (κ2) is 4.45. The van der Waals surface area contributed by atoms with Crippen LogP contribution in [0.25, 0.3) is 0 Å². The second-order valence-corrected chi connectivity index (χ2v) is 3.80. The number of nitrogens with two attached hydrogens (primary N) is 1. The molecule has 0 aliphatic carbocycles. The molecule has 1 aromatic carbocycles. The normalized spacial score (nSPS) is 10.4. The summed E-state index contributed by atoms with van der Waals surface area (Å²) in [6.45, 7) is 0. The Morgan fingerprint density at radius 3 is 2.69 bits per heavy atom. The molecule has 0 spiro atoms. The van der Waals surface area contributed by atoms with E-state index >= 15 is 0 Å². The van der Waals surface area contributed by atoms with Crippen LogP contribution in [0.15, 0.2) is 30.3 Å². The van der Waals surface area contributed by atoms with Crippen molar-refractivity contribution in [2.75, 3.05) is 5.73 Å². The highest BCUT2D eigenvalue weighted by Gasteiger charge is 2.05. The molecule has 0 bridgehead atoms. The Morgan fingerprint density at radius 2 is 2.00 bits per heavy atom. The first-order valence-electron chi connectivity index (χ1n) is 4.67. The van der Waals surface area contributed by atoms with E-state index in [9.17, 15) is 4.39 Å². The van der Waals surface area contributed by atoms with Crippen molar-refractivity contribution in [1.82, 2.24) is 10.2 Å². The van der Waals surface area contributed by atoms with Gasteiger partial charge in [0.15, 0.2) is 0 Å². The fourth-order valence-electron chi connectivity index (χ4n) is 1.34. The van der Waals surface area contributed by atoms with Crippen molar-refractivity contribution in [2.45, 2.75) is 6.42 Å². The highest BCUT2D eigenvalue weighted by atomic mass is 35.5. The molecule has 82 valence electrons. The summed E-state index contributed by atoms with van der Waals surface area (Å²) >= 11 is 5.79. The molecule has 5 heteroatoms. The lowest BCUT2D eigenvalue weighted by atomic mass is 10.1. The largest absolute Gasteiger partial charge is 0.382 e. The Kier molecular flexibility index (Phi) is 3.01. The third-order valence-corrected chi connectivity index (χ3v) is 2.35. The number of nitrogen functional groups attached to an aromatic ring is 1. The molecule has 2 N–H and O–H groups in total. The van der Waals surface area contributed by atoms with Gasteiger partial charge in [0.25, 0.3) is 0 Å². The van der Waals surface area contributed by atoms with Crippen LogP contribution in [0.3, 0.4) is 0 Å². The molecule has 1 heterocycles. The van der Waals surface area contributed by atoms with Gasteiger partial charge in [-0.05, 0) is 35.9 Å². The molecule has 0 atom stereocenters. The second-order valence-electron chi connectivity index (χ2n) is 3.36. The average Bonchev–Trinajstić information content (AvgIpc) is 2.27. The van der Waals surface area contributed by atoms with Crippen molar-refractivity contribution in [3.8, 4) is 0 Å². The molecule has 0 aliphatic rings. The van der Waals surface area contributed by atoms with Crippen LogP contribution in [-0.2, 0) is 6.42 Å². The zero-order valence-corrected chi connectivity index (χ0v) is 9.08. The highest BCUT2D eigenvalue weighted by molar-refractivity contribution is 6.30. The molecule has 0 saturated carbocycles. The molecule has 0 saturated heterocycles. The summed E-state index contributed by atoms with van der Waals surface area (Å²) in [5.41, 5.74) is 6.55. The minimum atomic E-state index is -0.303. The standard InChI is InChI=1S/C11H9ClFN3/c12-8-1-3-10(13)7(5-8)6-9-2-4-11(14)16-15-9/h1-5H,6H2,(H2,14,16). The number of rotatable bonds is 2. The molecule has 2 aromatic rings. The lowest BCUT2D eigenvalue weighted by Gasteiger charge is -2.03. The zero-order valence-electron chi connectivity index (χ0n) is 8.32. The van der Waals surface area contributed by atoms with Crippen molar-refractivity contribution < 1.29 is 4.39 Å². The number of aromatic nitrogens is 2. The molecule has 0 amide bonds. The van der Waals surface area contributed by atoms with Gasteiger partial charge in [-0.1, -0.05) is 11.6 Å². The topological polar surface area (TPSA) is 51.8 Å². The molecule has 0 fully saturated rings. The van der Waals surface area contributed by atoms with Crippen LogP contribution in [0.2, 0.25) is 5.02 Å². The van der Waals surface area contributed by atoms with E-state index in [1.807, 2.05) is 0 Å². The van der Waals surface area contributed by atoms with Crippen molar-refractivity contribution in [2.24, 2.45) is 0 Å². The van der Waals surface area contributed by atoms with Crippen molar-refractivity contribution in [3.63, 3.8) is 0 Å². The first kappa shape index (κ1) is 10.8. The van der Waals surface area contributed by atoms with Gasteiger partial charge in [0.1, 0.15) is 11.6 Å². The molecule has 16 heavy (non-hydrogen) atoms. The smallest absolute Gasteiger partial charge is 0.146 e. The van der Waals surface area contributed by atoms with E-state index in [-0.39, 0.29) is 5.82 Å². The van der Waals surface area contributed by atoms with Crippen LogP contribution >= 0.6 is 11.6 Å². The number of nitrogens with zero attached hydrogens (tertiary/aromatic N) is 2. The number of hydrogen-bond donors (Lipinski definition) is 1. The van der Waals surface area contributed by atoms with Gasteiger partial charge in [-0.25, -0.2) is 4.39 Å². The van der Waals surface area contributed by atoms with Gasteiger partial charge < -0.3 is 5.73 Å². The summed E-state index contributed by atoms with van der Waals surface area (Å²) in [6.07, 6.45) is 0.347. The van der Waals surface area contributed by atoms with E-state index in [1.165, 1.54) is 12.1 Å². The van der Waals surface area contributed by atoms with Crippen molar-refractivity contribution in [3.05, 3.63) is 52.4 Å². The summed E-state index contributed by atoms with van der Waals surface area (Å²) in [5, 5.41) is 8.06. The predicted octanol–water partition coefficient (Wildman–Crippen LogP) is 2.44. The lowest BCUT2D eigenvalue weighted by Crippen LogP contribution is -1.99. The van der Waals surface area contributed by atoms with Crippen LogP contribution in [0.5, 0.6) is 0 Å². The van der Waals surface area contributed by atoms with Crippen LogP contribution < -0.4 is 5.73 Å². The summed E-state index contributed by atoms with van der Waals surface area (Å²) in [6, 6.07) is 7.76. The third kappa shape index (κ3) is 2.46. The van der Waals surface area contributed by atoms with Crippen LogP contribution in [-0.4, -0.2) is 10.2 Å². The molecule has 0 radical (unpaired) electrons. The number of anilines is 1. The van der Waals surface area contributed by atoms with Crippen LogP contribution in [0.4, 0.5) is 10.2 Å². The first-order chi connectivity index (χ1) is 7.65. The summed E-state index contributed by atoms with van der Waals surface area (Å²) < 4.78 is 13.4. The van der Waals surface area contributed by atoms with E-state index in [1.54, 1.807) is 18.2 Å². The maximum atomic E-state index is 13.4. The Labute approximate surface area is 97.1 Å². The van der Waals surface area contributed by atoms with E-state index in [4.69, 9.17) is 17.3 Å². The van der Waals surface area contributed by atoms with Crippen molar-refractivity contribution in [1.29, 1.82) is 0 Å². The van der Waals surface area contributed by atoms with E-state index < -0.39 is 0 Å². The van der Waals surface area contributed by atoms with Gasteiger partial charge in [0.05, 0.1) is 5.69 Å². The fourth-order valence-corrected chi connectivity index (χ4v) is 1.53. The zero-order chi connectivity index (χ0) is 11.5. The molecule has 2 rings (SSSR count). The van der Waals surface area contributed by atoms with Crippen molar-refractivity contribution >= 4 is 17.4 Å². The minimum absolute atomic E-state index is 0.303. The average molecular weight is 238 g/mol. The Morgan fingerprint density at radius 1 is 1.19 bits per heavy atom. The van der Waals surface area contributed by atoms with Gasteiger partial charge in [0, 0.05) is 11.4 Å². The van der Waals surface area contributed by atoms with Crippen LogP contribution in [0.1, 0.15) is 11.3 Å². The van der Waals surface area contributed by atoms with Gasteiger partial charge in [0.2, 0.25) is 0 Å². The van der Waals surface area contributed by atoms with Gasteiger partial charge in [-0.3, -0.25) is 0 Å². The molecular weight excluding hydrogens is 229 g/mol. The maximum absolute atomic E-state index is 13.4. The lowest BCUT2D eigenvalue weighted by molar-refractivity contribution is 0.613. The molecule has 3 nitrogen and oxygen atoms in total. The highest BCUT2D eigenvalue weighted by Crippen LogP contribution is 2.17. The molecule has 1 aromatic heterocycles. The van der Waals surface area contributed by atoms with Crippen LogP contribution in [0, 0.1) is 5.82 Å². The first-order valence-corrected chi connectivity index (χ1v) is 5.05. The fraction of sp³-hybridized carbons (Fsp3) is 0.0909. The predicted molar refractivity (Wildman–Crippen MR) is 60.7 cm³/mol. The summed E-state index contributed by atoms with van der Waals surface area (Å²) in [7, 11) is 0. The summed E-state index contributed by atoms with van der Waals surface area (Å²) in [4.78, 5) is 0. The molecular formula is C11H9ClFN3. The number of halogens is 2. The Balaban J connectivity index is 2.26. The van der Waals surface area contributed by atoms with Gasteiger partial charge >= 0.3 is 0 Å². The monoisotopic (exact) mass is 237 g/mol. The SMILES string of the molecule is Nc1ccc(Cc2cc(Cl)ccc2F)nn1. The van der Waals surface area contributed by atoms with Gasteiger partial charge in [-0.15, -0.1) is 5.10 Å². The van der Waals surface area contributed by atoms with E-state index in [0.29, 0.717) is 28.5 Å².